The van der Waals surface area contributed by atoms with Gasteiger partial charge in [-0.3, -0.25) is 9.59 Å². The second-order valence-electron chi connectivity index (χ2n) is 13.1. The number of rotatable bonds is 4. The summed E-state index contributed by atoms with van der Waals surface area (Å²) in [4.78, 5) is 26.6. The van der Waals surface area contributed by atoms with Crippen LogP contribution in [0.4, 0.5) is 0 Å². The van der Waals surface area contributed by atoms with Gasteiger partial charge in [0.25, 0.3) is 0 Å². The van der Waals surface area contributed by atoms with E-state index >= 15 is 0 Å². The van der Waals surface area contributed by atoms with E-state index in [0.29, 0.717) is 49.1 Å². The molecule has 0 heterocycles. The topological polar surface area (TPSA) is 74.6 Å². The second-order valence-corrected chi connectivity index (χ2v) is 13.1. The lowest BCUT2D eigenvalue weighted by Gasteiger charge is -2.68. The standard InChI is InChI=1S/C27H44O4/c1-23(2)19-9-14-25(4)20(24(19,3)12-10-21(23)30)16-18(29)22-17(8-13-26(22,25)5)27(6,31)11-7-15-28/h17,19-20,22,28,31H,7-16H2,1-6H3/t17-,19?,20+,22-,24-,25+,26+,27+/m0/s1. The molecule has 0 saturated heterocycles. The van der Waals surface area contributed by atoms with Crippen molar-refractivity contribution in [3.8, 4) is 0 Å². The number of fused-ring (bicyclic) bond motifs is 5. The highest BCUT2D eigenvalue weighted by Gasteiger charge is 2.71. The summed E-state index contributed by atoms with van der Waals surface area (Å²) < 4.78 is 0. The van der Waals surface area contributed by atoms with Crippen LogP contribution in [0.1, 0.15) is 99.3 Å². The van der Waals surface area contributed by atoms with Crippen molar-refractivity contribution in [2.75, 3.05) is 6.61 Å². The molecule has 0 bridgehead atoms. The van der Waals surface area contributed by atoms with Gasteiger partial charge in [-0.1, -0.05) is 34.6 Å². The Bertz CT molecular complexity index is 769. The van der Waals surface area contributed by atoms with Crippen molar-refractivity contribution in [1.29, 1.82) is 0 Å². The van der Waals surface area contributed by atoms with Crippen LogP contribution in [0.25, 0.3) is 0 Å². The van der Waals surface area contributed by atoms with Crippen LogP contribution >= 0.6 is 0 Å². The number of hydrogen-bond donors (Lipinski definition) is 2. The maximum Gasteiger partial charge on any atom is 0.138 e. The Hall–Kier alpha value is -0.740. The van der Waals surface area contributed by atoms with Gasteiger partial charge in [0.2, 0.25) is 0 Å². The van der Waals surface area contributed by atoms with E-state index in [1.54, 1.807) is 0 Å². The number of hydrogen-bond acceptors (Lipinski definition) is 4. The summed E-state index contributed by atoms with van der Waals surface area (Å²) in [5, 5.41) is 20.6. The van der Waals surface area contributed by atoms with Gasteiger partial charge in [0, 0.05) is 30.8 Å². The summed E-state index contributed by atoms with van der Waals surface area (Å²) in [5.41, 5.74) is -1.26. The first kappa shape index (κ1) is 23.4. The van der Waals surface area contributed by atoms with Crippen LogP contribution in [0, 0.1) is 45.3 Å². The molecule has 4 aliphatic carbocycles. The molecular formula is C27H44O4. The van der Waals surface area contributed by atoms with Crippen molar-refractivity contribution in [3.63, 3.8) is 0 Å². The zero-order valence-electron chi connectivity index (χ0n) is 20.6. The number of ketones is 2. The summed E-state index contributed by atoms with van der Waals surface area (Å²) in [6, 6.07) is 0. The number of carbonyl (C=O) groups excluding carboxylic acids is 2. The molecule has 4 fully saturated rings. The summed E-state index contributed by atoms with van der Waals surface area (Å²) >= 11 is 0. The van der Waals surface area contributed by atoms with Crippen molar-refractivity contribution in [3.05, 3.63) is 0 Å². The van der Waals surface area contributed by atoms with Gasteiger partial charge in [-0.25, -0.2) is 0 Å². The molecule has 4 rings (SSSR count). The van der Waals surface area contributed by atoms with Crippen LogP contribution < -0.4 is 0 Å². The normalized spacial score (nSPS) is 48.5. The molecule has 4 nitrogen and oxygen atoms in total. The van der Waals surface area contributed by atoms with Gasteiger partial charge in [0.15, 0.2) is 0 Å². The molecule has 0 aliphatic heterocycles. The van der Waals surface area contributed by atoms with Crippen LogP contribution in [-0.2, 0) is 9.59 Å². The molecule has 31 heavy (non-hydrogen) atoms. The van der Waals surface area contributed by atoms with Crippen molar-refractivity contribution in [2.24, 2.45) is 45.3 Å². The van der Waals surface area contributed by atoms with E-state index in [-0.39, 0.29) is 40.1 Å². The highest BCUT2D eigenvalue weighted by Crippen LogP contribution is 2.74. The van der Waals surface area contributed by atoms with Gasteiger partial charge in [0.05, 0.1) is 5.60 Å². The first-order chi connectivity index (χ1) is 14.3. The molecule has 4 aliphatic rings. The summed E-state index contributed by atoms with van der Waals surface area (Å²) in [6.45, 7) is 13.4. The zero-order chi connectivity index (χ0) is 23.0. The Morgan fingerprint density at radius 2 is 1.61 bits per heavy atom. The molecule has 0 aromatic heterocycles. The van der Waals surface area contributed by atoms with Crippen LogP contribution in [0.15, 0.2) is 0 Å². The average molecular weight is 433 g/mol. The molecule has 0 aromatic carbocycles. The fourth-order valence-corrected chi connectivity index (χ4v) is 9.56. The van der Waals surface area contributed by atoms with Crippen molar-refractivity contribution in [1.82, 2.24) is 0 Å². The minimum Gasteiger partial charge on any atom is -0.396 e. The number of Topliss-reactive ketones (excluding diaryl/α,β-unsaturated/α-hetero) is 2. The van der Waals surface area contributed by atoms with E-state index in [4.69, 9.17) is 0 Å². The predicted octanol–water partition coefficient (Wildman–Crippen LogP) is 4.94. The summed E-state index contributed by atoms with van der Waals surface area (Å²) in [7, 11) is 0. The van der Waals surface area contributed by atoms with E-state index in [9.17, 15) is 19.8 Å². The van der Waals surface area contributed by atoms with Gasteiger partial charge in [-0.2, -0.15) is 0 Å². The van der Waals surface area contributed by atoms with E-state index < -0.39 is 5.60 Å². The Kier molecular flexibility index (Phi) is 5.38. The Labute approximate surface area is 188 Å². The number of aliphatic hydroxyl groups excluding tert-OH is 1. The number of carbonyl (C=O) groups is 2. The first-order valence-electron chi connectivity index (χ1n) is 12.6. The third-order valence-corrected chi connectivity index (χ3v) is 11.6. The van der Waals surface area contributed by atoms with Crippen LogP contribution in [0.5, 0.6) is 0 Å². The monoisotopic (exact) mass is 432 g/mol. The third kappa shape index (κ3) is 2.99. The second kappa shape index (κ2) is 7.13. The molecule has 176 valence electrons. The Balaban J connectivity index is 1.72. The summed E-state index contributed by atoms with van der Waals surface area (Å²) in [5.74, 6) is 1.27. The molecular weight excluding hydrogens is 388 g/mol. The molecule has 2 N–H and O–H groups in total. The zero-order valence-corrected chi connectivity index (χ0v) is 20.6. The molecule has 0 amide bonds. The molecule has 0 radical (unpaired) electrons. The van der Waals surface area contributed by atoms with Crippen LogP contribution in [0.2, 0.25) is 0 Å². The maximum absolute atomic E-state index is 13.8. The molecule has 1 unspecified atom stereocenters. The average Bonchev–Trinajstić information content (AvgIpc) is 3.06. The van der Waals surface area contributed by atoms with E-state index in [0.717, 1.165) is 32.1 Å². The highest BCUT2D eigenvalue weighted by molar-refractivity contribution is 5.86. The molecule has 8 atom stereocenters. The fraction of sp³-hybridized carbons (Fsp3) is 0.926. The largest absolute Gasteiger partial charge is 0.396 e. The maximum atomic E-state index is 13.8. The number of aliphatic hydroxyl groups is 2. The van der Waals surface area contributed by atoms with Gasteiger partial charge in [0.1, 0.15) is 11.6 Å². The molecule has 4 saturated carbocycles. The van der Waals surface area contributed by atoms with E-state index in [2.05, 4.69) is 34.6 Å². The predicted molar refractivity (Wildman–Crippen MR) is 121 cm³/mol. The van der Waals surface area contributed by atoms with Crippen molar-refractivity contribution >= 4 is 11.6 Å². The lowest BCUT2D eigenvalue weighted by molar-refractivity contribution is -0.205. The van der Waals surface area contributed by atoms with E-state index in [1.807, 2.05) is 6.92 Å². The smallest absolute Gasteiger partial charge is 0.138 e. The fourth-order valence-electron chi connectivity index (χ4n) is 9.56. The minimum atomic E-state index is -0.912. The molecule has 4 heteroatoms. The van der Waals surface area contributed by atoms with Crippen molar-refractivity contribution in [2.45, 2.75) is 105 Å². The van der Waals surface area contributed by atoms with E-state index in [1.165, 1.54) is 0 Å². The lowest BCUT2D eigenvalue weighted by Crippen LogP contribution is -2.65. The lowest BCUT2D eigenvalue weighted by atomic mass is 9.35. The van der Waals surface area contributed by atoms with Gasteiger partial charge in [-0.15, -0.1) is 0 Å². The molecule has 0 aromatic rings. The Morgan fingerprint density at radius 1 is 0.968 bits per heavy atom. The van der Waals surface area contributed by atoms with Crippen molar-refractivity contribution < 1.29 is 19.8 Å². The SMILES string of the molecule is CC1(C)C(=O)CC[C@@]2(C)C1CC[C@]1(C)[C@@H]2CC(=O)[C@@H]2[C@@H]([C@](C)(O)CCCO)CC[C@]21C. The third-order valence-electron chi connectivity index (χ3n) is 11.6. The van der Waals surface area contributed by atoms with Crippen LogP contribution in [0.3, 0.4) is 0 Å². The van der Waals surface area contributed by atoms with Gasteiger partial charge < -0.3 is 10.2 Å². The quantitative estimate of drug-likeness (QED) is 0.660. The Morgan fingerprint density at radius 3 is 2.26 bits per heavy atom. The highest BCUT2D eigenvalue weighted by atomic mass is 16.3. The minimum absolute atomic E-state index is 0.0194. The molecule has 0 spiro atoms. The van der Waals surface area contributed by atoms with Gasteiger partial charge >= 0.3 is 0 Å². The first-order valence-corrected chi connectivity index (χ1v) is 12.6. The van der Waals surface area contributed by atoms with Crippen LogP contribution in [-0.4, -0.2) is 34.0 Å². The van der Waals surface area contributed by atoms with Gasteiger partial charge in [-0.05, 0) is 85.9 Å². The summed E-state index contributed by atoms with van der Waals surface area (Å²) in [6.07, 6.45) is 7.27.